The van der Waals surface area contributed by atoms with Gasteiger partial charge in [-0.2, -0.15) is 15.0 Å². The van der Waals surface area contributed by atoms with E-state index in [1.807, 2.05) is 13.0 Å². The van der Waals surface area contributed by atoms with Gasteiger partial charge in [-0.1, -0.05) is 0 Å². The highest BCUT2D eigenvalue weighted by atomic mass is 32.1. The first kappa shape index (κ1) is 19.2. The fourth-order valence-corrected chi connectivity index (χ4v) is 4.67. The molecule has 29 heavy (non-hydrogen) atoms. The van der Waals surface area contributed by atoms with E-state index in [0.29, 0.717) is 23.5 Å². The Labute approximate surface area is 171 Å². The molecule has 0 fully saturated rings. The maximum absolute atomic E-state index is 13.0. The number of hydrogen-bond acceptors (Lipinski definition) is 7. The van der Waals surface area contributed by atoms with Crippen LogP contribution in [0.2, 0.25) is 0 Å². The van der Waals surface area contributed by atoms with Gasteiger partial charge in [0.1, 0.15) is 17.2 Å². The Morgan fingerprint density at radius 3 is 3.00 bits per heavy atom. The van der Waals surface area contributed by atoms with Crippen LogP contribution in [0.4, 0.5) is 0 Å². The SMILES string of the molecule is CCOc1cc(C=Nn2cnc3sc4c(c3c2=O)CCCC4)ccc1OCC#N. The summed E-state index contributed by atoms with van der Waals surface area (Å²) in [7, 11) is 0. The molecular weight excluding hydrogens is 388 g/mol. The molecule has 2 aromatic heterocycles. The van der Waals surface area contributed by atoms with Gasteiger partial charge in [-0.3, -0.25) is 4.79 Å². The number of thiophene rings is 1. The summed E-state index contributed by atoms with van der Waals surface area (Å²) < 4.78 is 12.2. The lowest BCUT2D eigenvalue weighted by Gasteiger charge is -2.10. The fraction of sp³-hybridized carbons (Fsp3) is 0.333. The number of benzene rings is 1. The van der Waals surface area contributed by atoms with E-state index in [9.17, 15) is 4.79 Å². The predicted octanol–water partition coefficient (Wildman–Crippen LogP) is 3.52. The molecule has 0 bridgehead atoms. The summed E-state index contributed by atoms with van der Waals surface area (Å²) in [6.07, 6.45) is 7.29. The van der Waals surface area contributed by atoms with E-state index in [2.05, 4.69) is 10.1 Å². The van der Waals surface area contributed by atoms with E-state index in [-0.39, 0.29) is 12.2 Å². The molecule has 0 spiro atoms. The van der Waals surface area contributed by atoms with Crippen molar-refractivity contribution in [3.63, 3.8) is 0 Å². The van der Waals surface area contributed by atoms with Crippen molar-refractivity contribution in [3.05, 3.63) is 50.9 Å². The standard InChI is InChI=1S/C21H20N4O3S/c1-2-27-17-11-14(7-8-16(17)28-10-9-22)12-24-25-13-23-20-19(21(25)26)15-5-3-4-6-18(15)29-20/h7-8,11-13H,2-6,10H2,1H3. The summed E-state index contributed by atoms with van der Waals surface area (Å²) in [5, 5.41) is 13.7. The van der Waals surface area contributed by atoms with Gasteiger partial charge in [0.25, 0.3) is 5.56 Å². The number of nitriles is 1. The van der Waals surface area contributed by atoms with Gasteiger partial charge in [0.05, 0.1) is 18.2 Å². The van der Waals surface area contributed by atoms with Crippen LogP contribution in [-0.4, -0.2) is 29.1 Å². The first-order valence-electron chi connectivity index (χ1n) is 9.54. The molecule has 8 heteroatoms. The van der Waals surface area contributed by atoms with E-state index in [0.717, 1.165) is 35.2 Å². The van der Waals surface area contributed by atoms with Gasteiger partial charge in [-0.25, -0.2) is 4.98 Å². The van der Waals surface area contributed by atoms with Crippen LogP contribution in [-0.2, 0) is 12.8 Å². The average molecular weight is 408 g/mol. The summed E-state index contributed by atoms with van der Waals surface area (Å²) >= 11 is 1.62. The molecule has 1 aliphatic rings. The minimum atomic E-state index is -0.135. The van der Waals surface area contributed by atoms with Gasteiger partial charge < -0.3 is 9.47 Å². The van der Waals surface area contributed by atoms with Crippen LogP contribution < -0.4 is 15.0 Å². The topological polar surface area (TPSA) is 89.5 Å². The highest BCUT2D eigenvalue weighted by Crippen LogP contribution is 2.33. The number of rotatable bonds is 6. The van der Waals surface area contributed by atoms with Gasteiger partial charge in [0.15, 0.2) is 18.1 Å². The highest BCUT2D eigenvalue weighted by Gasteiger charge is 2.19. The molecule has 1 aliphatic carbocycles. The average Bonchev–Trinajstić information content (AvgIpc) is 3.12. The lowest BCUT2D eigenvalue weighted by Crippen LogP contribution is -2.18. The molecule has 7 nitrogen and oxygen atoms in total. The largest absolute Gasteiger partial charge is 0.490 e. The van der Waals surface area contributed by atoms with E-state index >= 15 is 0 Å². The third-order valence-corrected chi connectivity index (χ3v) is 5.95. The van der Waals surface area contributed by atoms with Crippen LogP contribution in [0, 0.1) is 11.3 Å². The Bertz CT molecular complexity index is 1170. The molecule has 148 valence electrons. The molecule has 0 atom stereocenters. The molecule has 2 heterocycles. The molecule has 0 unspecified atom stereocenters. The lowest BCUT2D eigenvalue weighted by atomic mass is 9.97. The number of ether oxygens (including phenoxy) is 2. The predicted molar refractivity (Wildman–Crippen MR) is 112 cm³/mol. The molecule has 4 rings (SSSR count). The summed E-state index contributed by atoms with van der Waals surface area (Å²) in [6, 6.07) is 7.22. The second kappa shape index (κ2) is 8.45. The summed E-state index contributed by atoms with van der Waals surface area (Å²) in [5.41, 5.74) is 1.76. The molecule has 0 saturated carbocycles. The number of hydrogen-bond donors (Lipinski definition) is 0. The Kier molecular flexibility index (Phi) is 5.58. The van der Waals surface area contributed by atoms with Crippen molar-refractivity contribution in [2.45, 2.75) is 32.6 Å². The molecule has 0 aliphatic heterocycles. The van der Waals surface area contributed by atoms with Crippen LogP contribution in [0.25, 0.3) is 10.2 Å². The van der Waals surface area contributed by atoms with Crippen LogP contribution in [0.1, 0.15) is 35.8 Å². The van der Waals surface area contributed by atoms with Gasteiger partial charge in [0.2, 0.25) is 0 Å². The first-order valence-corrected chi connectivity index (χ1v) is 10.4. The molecular formula is C21H20N4O3S. The zero-order chi connectivity index (χ0) is 20.2. The molecule has 0 saturated heterocycles. The van der Waals surface area contributed by atoms with Gasteiger partial charge in [0, 0.05) is 4.88 Å². The monoisotopic (exact) mass is 408 g/mol. The number of fused-ring (bicyclic) bond motifs is 3. The van der Waals surface area contributed by atoms with Gasteiger partial charge in [-0.05, 0) is 61.9 Å². The van der Waals surface area contributed by atoms with Crippen molar-refractivity contribution < 1.29 is 9.47 Å². The van der Waals surface area contributed by atoms with E-state index in [1.165, 1.54) is 22.3 Å². The van der Waals surface area contributed by atoms with E-state index in [1.54, 1.807) is 35.8 Å². The minimum Gasteiger partial charge on any atom is -0.490 e. The Balaban J connectivity index is 1.66. The Morgan fingerprint density at radius 1 is 1.31 bits per heavy atom. The Hall–Kier alpha value is -3.18. The maximum atomic E-state index is 13.0. The molecule has 1 aromatic carbocycles. The van der Waals surface area contributed by atoms with Gasteiger partial charge >= 0.3 is 0 Å². The second-order valence-electron chi connectivity index (χ2n) is 6.62. The quantitative estimate of drug-likeness (QED) is 0.582. The molecule has 0 N–H and O–H groups in total. The van der Waals surface area contributed by atoms with Crippen molar-refractivity contribution >= 4 is 27.8 Å². The Morgan fingerprint density at radius 2 is 2.17 bits per heavy atom. The summed E-state index contributed by atoms with van der Waals surface area (Å²) in [5.74, 6) is 1.02. The number of nitrogens with zero attached hydrogens (tertiary/aromatic N) is 4. The van der Waals surface area contributed by atoms with Crippen LogP contribution in [0.5, 0.6) is 11.5 Å². The van der Waals surface area contributed by atoms with Crippen LogP contribution >= 0.6 is 11.3 Å². The third kappa shape index (κ3) is 3.87. The summed E-state index contributed by atoms with van der Waals surface area (Å²) in [6.45, 7) is 2.28. The second-order valence-corrected chi connectivity index (χ2v) is 7.70. The van der Waals surface area contributed by atoms with E-state index < -0.39 is 0 Å². The van der Waals surface area contributed by atoms with Crippen molar-refractivity contribution in [3.8, 4) is 17.6 Å². The number of aryl methyl sites for hydroxylation is 2. The molecule has 0 radical (unpaired) electrons. The van der Waals surface area contributed by atoms with Crippen molar-refractivity contribution in [1.82, 2.24) is 9.66 Å². The normalized spacial score (nSPS) is 13.4. The van der Waals surface area contributed by atoms with Crippen molar-refractivity contribution in [2.24, 2.45) is 5.10 Å². The highest BCUT2D eigenvalue weighted by molar-refractivity contribution is 7.18. The van der Waals surface area contributed by atoms with Crippen molar-refractivity contribution in [2.75, 3.05) is 13.2 Å². The maximum Gasteiger partial charge on any atom is 0.282 e. The number of aromatic nitrogens is 2. The first-order chi connectivity index (χ1) is 14.2. The van der Waals surface area contributed by atoms with Gasteiger partial charge in [-0.15, -0.1) is 11.3 Å². The molecule has 0 amide bonds. The van der Waals surface area contributed by atoms with Crippen LogP contribution in [0.15, 0.2) is 34.4 Å². The van der Waals surface area contributed by atoms with E-state index in [4.69, 9.17) is 14.7 Å². The lowest BCUT2D eigenvalue weighted by molar-refractivity contribution is 0.298. The van der Waals surface area contributed by atoms with Crippen molar-refractivity contribution in [1.29, 1.82) is 5.26 Å². The zero-order valence-electron chi connectivity index (χ0n) is 16.1. The smallest absolute Gasteiger partial charge is 0.282 e. The minimum absolute atomic E-state index is 0.0560. The summed E-state index contributed by atoms with van der Waals surface area (Å²) in [4.78, 5) is 19.5. The van der Waals surface area contributed by atoms with Crippen LogP contribution in [0.3, 0.4) is 0 Å². The fourth-order valence-electron chi connectivity index (χ4n) is 3.45. The third-order valence-electron chi connectivity index (χ3n) is 4.75. The molecule has 3 aromatic rings. The zero-order valence-corrected chi connectivity index (χ0v) is 16.9.